The molecule has 4 aromatic rings. The van der Waals surface area contributed by atoms with Crippen molar-refractivity contribution in [3.05, 3.63) is 77.8 Å². The van der Waals surface area contributed by atoms with Gasteiger partial charge in [0.25, 0.3) is 0 Å². The van der Waals surface area contributed by atoms with Gasteiger partial charge in [0, 0.05) is 29.2 Å². The molecule has 0 atom stereocenters. The number of ether oxygens (including phenoxy) is 2. The SMILES string of the molecule is [C-]#[N+]c1ccc2c(c1)c(-c1cccc(N)c1C)cn2-c1ccc(OC)c(OC)c1. The smallest absolute Gasteiger partial charge is 0.188 e. The summed E-state index contributed by atoms with van der Waals surface area (Å²) < 4.78 is 12.9. The predicted octanol–water partition coefficient (Wildman–Crippen LogP) is 5.76. The predicted molar refractivity (Wildman–Crippen MR) is 117 cm³/mol. The minimum atomic E-state index is 0.602. The Morgan fingerprint density at radius 1 is 0.931 bits per heavy atom. The number of hydrogen-bond acceptors (Lipinski definition) is 3. The van der Waals surface area contributed by atoms with Gasteiger partial charge < -0.3 is 19.8 Å². The highest BCUT2D eigenvalue weighted by Gasteiger charge is 2.16. The number of anilines is 1. The molecule has 0 saturated heterocycles. The van der Waals surface area contributed by atoms with Crippen LogP contribution >= 0.6 is 0 Å². The van der Waals surface area contributed by atoms with Crippen LogP contribution in [0.2, 0.25) is 0 Å². The molecule has 0 bridgehead atoms. The molecule has 0 spiro atoms. The Bertz CT molecular complexity index is 1270. The summed E-state index contributed by atoms with van der Waals surface area (Å²) >= 11 is 0. The molecule has 0 amide bonds. The average molecular weight is 383 g/mol. The summed E-state index contributed by atoms with van der Waals surface area (Å²) in [4.78, 5) is 3.61. The summed E-state index contributed by atoms with van der Waals surface area (Å²) in [5.41, 5.74) is 12.6. The fourth-order valence-electron chi connectivity index (χ4n) is 3.64. The number of fused-ring (bicyclic) bond motifs is 1. The van der Waals surface area contributed by atoms with Gasteiger partial charge in [-0.2, -0.15) is 0 Å². The highest BCUT2D eigenvalue weighted by atomic mass is 16.5. The van der Waals surface area contributed by atoms with Crippen molar-refractivity contribution < 1.29 is 9.47 Å². The van der Waals surface area contributed by atoms with E-state index in [1.54, 1.807) is 14.2 Å². The molecule has 0 aliphatic rings. The van der Waals surface area contributed by atoms with Crippen molar-refractivity contribution in [2.45, 2.75) is 6.92 Å². The third-order valence-corrected chi connectivity index (χ3v) is 5.23. The van der Waals surface area contributed by atoms with Crippen LogP contribution in [0, 0.1) is 13.5 Å². The molecule has 1 heterocycles. The zero-order valence-electron chi connectivity index (χ0n) is 16.6. The number of nitrogen functional groups attached to an aromatic ring is 1. The van der Waals surface area contributed by atoms with Crippen LogP contribution in [0.4, 0.5) is 11.4 Å². The minimum Gasteiger partial charge on any atom is -0.493 e. The Labute approximate surface area is 169 Å². The number of nitrogens with zero attached hydrogens (tertiary/aromatic N) is 2. The van der Waals surface area contributed by atoms with E-state index in [2.05, 4.69) is 21.7 Å². The molecular formula is C24H21N3O2. The van der Waals surface area contributed by atoms with Crippen LogP contribution in [0.1, 0.15) is 5.56 Å². The largest absolute Gasteiger partial charge is 0.493 e. The fourth-order valence-corrected chi connectivity index (χ4v) is 3.64. The van der Waals surface area contributed by atoms with E-state index in [4.69, 9.17) is 21.8 Å². The van der Waals surface area contributed by atoms with Gasteiger partial charge in [0.1, 0.15) is 0 Å². The second-order valence-corrected chi connectivity index (χ2v) is 6.79. The first-order valence-corrected chi connectivity index (χ1v) is 9.17. The molecule has 0 saturated carbocycles. The Hall–Kier alpha value is -3.91. The van der Waals surface area contributed by atoms with E-state index >= 15 is 0 Å². The van der Waals surface area contributed by atoms with Crippen LogP contribution in [0.15, 0.2) is 60.8 Å². The van der Waals surface area contributed by atoms with Gasteiger partial charge in [0.05, 0.1) is 26.3 Å². The summed E-state index contributed by atoms with van der Waals surface area (Å²) in [6, 6.07) is 17.5. The average Bonchev–Trinajstić information content (AvgIpc) is 3.13. The van der Waals surface area contributed by atoms with E-state index in [1.165, 1.54) is 0 Å². The standard InChI is InChI=1S/C24H21N3O2/c1-15-18(6-5-7-21(15)25)20-14-27(22-10-8-16(26-2)12-19(20)22)17-9-11-23(28-3)24(13-17)29-4/h5-14H,25H2,1,3-4H3. The molecule has 3 aromatic carbocycles. The van der Waals surface area contributed by atoms with Crippen molar-refractivity contribution in [3.63, 3.8) is 0 Å². The van der Waals surface area contributed by atoms with E-state index in [1.807, 2.05) is 55.5 Å². The van der Waals surface area contributed by atoms with E-state index < -0.39 is 0 Å². The van der Waals surface area contributed by atoms with E-state index in [0.29, 0.717) is 17.2 Å². The first-order chi connectivity index (χ1) is 14.1. The van der Waals surface area contributed by atoms with Gasteiger partial charge in [0.2, 0.25) is 0 Å². The van der Waals surface area contributed by atoms with Gasteiger partial charge in [-0.3, -0.25) is 0 Å². The number of hydrogen-bond donors (Lipinski definition) is 1. The maximum Gasteiger partial charge on any atom is 0.188 e. The van der Waals surface area contributed by atoms with E-state index in [-0.39, 0.29) is 0 Å². The summed E-state index contributed by atoms with van der Waals surface area (Å²) in [6.45, 7) is 9.42. The number of methoxy groups -OCH3 is 2. The normalized spacial score (nSPS) is 10.7. The lowest BCUT2D eigenvalue weighted by atomic mass is 9.99. The van der Waals surface area contributed by atoms with Crippen molar-refractivity contribution in [1.29, 1.82) is 0 Å². The highest BCUT2D eigenvalue weighted by Crippen LogP contribution is 2.38. The zero-order valence-corrected chi connectivity index (χ0v) is 16.6. The molecule has 0 aliphatic carbocycles. The van der Waals surface area contributed by atoms with Crippen LogP contribution in [0.5, 0.6) is 11.5 Å². The molecule has 29 heavy (non-hydrogen) atoms. The lowest BCUT2D eigenvalue weighted by Gasteiger charge is -2.11. The topological polar surface area (TPSA) is 53.8 Å². The number of aromatic nitrogens is 1. The minimum absolute atomic E-state index is 0.602. The third-order valence-electron chi connectivity index (χ3n) is 5.23. The molecule has 0 unspecified atom stereocenters. The monoisotopic (exact) mass is 383 g/mol. The molecule has 1 aromatic heterocycles. The molecule has 0 aliphatic heterocycles. The fraction of sp³-hybridized carbons (Fsp3) is 0.125. The van der Waals surface area contributed by atoms with Gasteiger partial charge in [-0.25, -0.2) is 4.85 Å². The van der Waals surface area contributed by atoms with Gasteiger partial charge >= 0.3 is 0 Å². The van der Waals surface area contributed by atoms with Gasteiger partial charge in [-0.05, 0) is 53.8 Å². The van der Waals surface area contributed by atoms with Crippen molar-refractivity contribution in [1.82, 2.24) is 4.57 Å². The molecule has 0 fully saturated rings. The second-order valence-electron chi connectivity index (χ2n) is 6.79. The molecule has 0 radical (unpaired) electrons. The lowest BCUT2D eigenvalue weighted by Crippen LogP contribution is -1.95. The molecule has 4 rings (SSSR count). The Morgan fingerprint density at radius 2 is 1.72 bits per heavy atom. The maximum atomic E-state index is 7.41. The molecular weight excluding hydrogens is 362 g/mol. The first-order valence-electron chi connectivity index (χ1n) is 9.17. The lowest BCUT2D eigenvalue weighted by molar-refractivity contribution is 0.355. The van der Waals surface area contributed by atoms with Crippen LogP contribution in [-0.4, -0.2) is 18.8 Å². The quantitative estimate of drug-likeness (QED) is 0.360. The van der Waals surface area contributed by atoms with Crippen LogP contribution < -0.4 is 15.2 Å². The van der Waals surface area contributed by atoms with Crippen molar-refractivity contribution in [2.75, 3.05) is 20.0 Å². The highest BCUT2D eigenvalue weighted by molar-refractivity contribution is 6.00. The summed E-state index contributed by atoms with van der Waals surface area (Å²) in [5.74, 6) is 1.33. The van der Waals surface area contributed by atoms with Gasteiger partial charge in [-0.15, -0.1) is 0 Å². The van der Waals surface area contributed by atoms with Crippen LogP contribution in [-0.2, 0) is 0 Å². The third kappa shape index (κ3) is 3.05. The first kappa shape index (κ1) is 18.5. The van der Waals surface area contributed by atoms with E-state index in [0.717, 1.165) is 39.0 Å². The second kappa shape index (κ2) is 7.25. The van der Waals surface area contributed by atoms with E-state index in [9.17, 15) is 0 Å². The zero-order chi connectivity index (χ0) is 20.5. The van der Waals surface area contributed by atoms with Crippen molar-refractivity contribution in [2.24, 2.45) is 0 Å². The summed E-state index contributed by atoms with van der Waals surface area (Å²) in [5, 5.41) is 1.00. The molecule has 5 heteroatoms. The summed E-state index contributed by atoms with van der Waals surface area (Å²) in [6.07, 6.45) is 2.08. The Kier molecular flexibility index (Phi) is 4.61. The number of benzene rings is 3. The van der Waals surface area contributed by atoms with Gasteiger partial charge in [-0.1, -0.05) is 18.2 Å². The summed E-state index contributed by atoms with van der Waals surface area (Å²) in [7, 11) is 3.24. The Balaban J connectivity index is 2.02. The van der Waals surface area contributed by atoms with Crippen molar-refractivity contribution >= 4 is 22.3 Å². The maximum absolute atomic E-state index is 7.41. The van der Waals surface area contributed by atoms with Crippen molar-refractivity contribution in [3.8, 4) is 28.3 Å². The van der Waals surface area contributed by atoms with Crippen LogP contribution in [0.3, 0.4) is 0 Å². The molecule has 5 nitrogen and oxygen atoms in total. The number of rotatable bonds is 4. The van der Waals surface area contributed by atoms with Gasteiger partial charge in [0.15, 0.2) is 17.2 Å². The molecule has 144 valence electrons. The number of nitrogens with two attached hydrogens (primary N) is 1. The Morgan fingerprint density at radius 3 is 2.45 bits per heavy atom. The van der Waals surface area contributed by atoms with Crippen LogP contribution in [0.25, 0.3) is 32.6 Å². The molecule has 2 N–H and O–H groups in total.